The second kappa shape index (κ2) is 8.41. The minimum atomic E-state index is -1.01. The summed E-state index contributed by atoms with van der Waals surface area (Å²) in [6.07, 6.45) is 3.76. The number of aliphatic carboxylic acids is 1. The van der Waals surface area contributed by atoms with Crippen molar-refractivity contribution in [2.24, 2.45) is 23.7 Å². The number of nitrogens with one attached hydrogen (secondary N) is 2. The van der Waals surface area contributed by atoms with E-state index in [1.165, 1.54) is 6.07 Å². The molecule has 3 rings (SSSR count). The van der Waals surface area contributed by atoms with Crippen LogP contribution in [0.15, 0.2) is 30.4 Å². The van der Waals surface area contributed by atoms with E-state index < -0.39 is 35.7 Å². The van der Waals surface area contributed by atoms with Crippen LogP contribution in [0.2, 0.25) is 10.0 Å². The summed E-state index contributed by atoms with van der Waals surface area (Å²) in [7, 11) is 0. The number of rotatable bonds is 6. The summed E-state index contributed by atoms with van der Waals surface area (Å²) in [6.45, 7) is 1.74. The number of hydrazine groups is 1. The molecule has 0 heterocycles. The summed E-state index contributed by atoms with van der Waals surface area (Å²) in [5, 5.41) is 10.1. The van der Waals surface area contributed by atoms with Gasteiger partial charge in [-0.3, -0.25) is 25.2 Å². The van der Waals surface area contributed by atoms with Gasteiger partial charge in [0.15, 0.2) is 6.10 Å². The normalized spacial score (nSPS) is 26.0. The van der Waals surface area contributed by atoms with E-state index in [-0.39, 0.29) is 17.6 Å². The van der Waals surface area contributed by atoms with Gasteiger partial charge in [-0.1, -0.05) is 42.3 Å². The van der Waals surface area contributed by atoms with Gasteiger partial charge in [-0.15, -0.1) is 0 Å². The predicted molar refractivity (Wildman–Crippen MR) is 103 cm³/mol. The third kappa shape index (κ3) is 4.10. The van der Waals surface area contributed by atoms with Gasteiger partial charge in [0, 0.05) is 11.1 Å². The third-order valence-corrected chi connectivity index (χ3v) is 5.73. The molecule has 1 saturated carbocycles. The standard InChI is InChI=1S/C19H20Cl2N2O5/c1-2-13(28-14-8-11(20)5-6-12(14)21)17(24)22-23-18(25)15-9-3-4-10(7-9)16(15)19(26)27/h3-6,8-10,13,15-16H,2,7H2,1H3,(H,22,24)(H,23,25)(H,26,27)/t9-,10+,13-,15+,16+/m1/s1. The first-order valence-electron chi connectivity index (χ1n) is 8.94. The van der Waals surface area contributed by atoms with Crippen molar-refractivity contribution in [1.29, 1.82) is 0 Å². The largest absolute Gasteiger partial charge is 0.481 e. The first-order chi connectivity index (χ1) is 13.3. The smallest absolute Gasteiger partial charge is 0.307 e. The number of fused-ring (bicyclic) bond motifs is 2. The molecule has 2 aliphatic carbocycles. The van der Waals surface area contributed by atoms with Crippen LogP contribution >= 0.6 is 23.2 Å². The molecule has 3 N–H and O–H groups in total. The number of hydrogen-bond donors (Lipinski definition) is 3. The van der Waals surface area contributed by atoms with Crippen LogP contribution in [0.1, 0.15) is 19.8 Å². The van der Waals surface area contributed by atoms with Crippen molar-refractivity contribution < 1.29 is 24.2 Å². The molecule has 0 aliphatic heterocycles. The fraction of sp³-hybridized carbons (Fsp3) is 0.421. The summed E-state index contributed by atoms with van der Waals surface area (Å²) in [5.74, 6) is -3.62. The Morgan fingerprint density at radius 1 is 1.18 bits per heavy atom. The maximum Gasteiger partial charge on any atom is 0.307 e. The lowest BCUT2D eigenvalue weighted by molar-refractivity contribution is -0.148. The van der Waals surface area contributed by atoms with E-state index in [0.29, 0.717) is 22.9 Å². The molecular formula is C19H20Cl2N2O5. The zero-order chi connectivity index (χ0) is 20.4. The lowest BCUT2D eigenvalue weighted by atomic mass is 9.82. The summed E-state index contributed by atoms with van der Waals surface area (Å²) >= 11 is 12.0. The zero-order valence-electron chi connectivity index (χ0n) is 15.0. The minimum absolute atomic E-state index is 0.133. The lowest BCUT2D eigenvalue weighted by Gasteiger charge is -2.24. The topological polar surface area (TPSA) is 105 Å². The summed E-state index contributed by atoms with van der Waals surface area (Å²) in [6, 6.07) is 4.65. The van der Waals surface area contributed by atoms with Gasteiger partial charge in [0.25, 0.3) is 5.91 Å². The van der Waals surface area contributed by atoms with Crippen molar-refractivity contribution >= 4 is 41.0 Å². The lowest BCUT2D eigenvalue weighted by Crippen LogP contribution is -2.51. The number of benzene rings is 1. The van der Waals surface area contributed by atoms with Crippen LogP contribution in [-0.2, 0) is 14.4 Å². The molecule has 150 valence electrons. The molecule has 0 aromatic heterocycles. The van der Waals surface area contributed by atoms with Gasteiger partial charge in [0.1, 0.15) is 5.75 Å². The monoisotopic (exact) mass is 426 g/mol. The Morgan fingerprint density at radius 2 is 1.86 bits per heavy atom. The Bertz CT molecular complexity index is 829. The van der Waals surface area contributed by atoms with E-state index >= 15 is 0 Å². The van der Waals surface area contributed by atoms with Gasteiger partial charge in [-0.2, -0.15) is 0 Å². The highest BCUT2D eigenvalue weighted by molar-refractivity contribution is 6.34. The summed E-state index contributed by atoms with van der Waals surface area (Å²) in [5.41, 5.74) is 4.67. The average molecular weight is 427 g/mol. The highest BCUT2D eigenvalue weighted by Gasteiger charge is 2.51. The Balaban J connectivity index is 1.60. The fourth-order valence-corrected chi connectivity index (χ4v) is 4.17. The van der Waals surface area contributed by atoms with Crippen LogP contribution in [0, 0.1) is 23.7 Å². The summed E-state index contributed by atoms with van der Waals surface area (Å²) < 4.78 is 5.62. The zero-order valence-corrected chi connectivity index (χ0v) is 16.5. The van der Waals surface area contributed by atoms with E-state index in [9.17, 15) is 19.5 Å². The SMILES string of the molecule is CC[C@@H](Oc1cc(Cl)ccc1Cl)C(=O)NNC(=O)[C@@H]1[C@@H](C(=O)O)[C@H]2C=C[C@@H]1C2. The molecule has 0 unspecified atom stereocenters. The van der Waals surface area contributed by atoms with Gasteiger partial charge in [-0.25, -0.2) is 0 Å². The first-order valence-corrected chi connectivity index (χ1v) is 9.70. The molecule has 1 aromatic rings. The minimum Gasteiger partial charge on any atom is -0.481 e. The third-order valence-electron chi connectivity index (χ3n) is 5.18. The van der Waals surface area contributed by atoms with Crippen LogP contribution in [0.5, 0.6) is 5.75 Å². The maximum absolute atomic E-state index is 12.5. The van der Waals surface area contributed by atoms with Crippen molar-refractivity contribution in [1.82, 2.24) is 10.9 Å². The second-order valence-corrected chi connectivity index (χ2v) is 7.75. The molecular weight excluding hydrogens is 407 g/mol. The van der Waals surface area contributed by atoms with E-state index in [0.717, 1.165) is 0 Å². The summed E-state index contributed by atoms with van der Waals surface area (Å²) in [4.78, 5) is 36.4. The van der Waals surface area contributed by atoms with Gasteiger partial charge in [0.05, 0.1) is 16.9 Å². The number of hydrogen-bond acceptors (Lipinski definition) is 4. The van der Waals surface area contributed by atoms with Crippen molar-refractivity contribution in [2.45, 2.75) is 25.9 Å². The Kier molecular flexibility index (Phi) is 6.15. The molecule has 2 amide bonds. The van der Waals surface area contributed by atoms with Crippen LogP contribution in [0.25, 0.3) is 0 Å². The Labute approximate surface area is 172 Å². The highest BCUT2D eigenvalue weighted by Crippen LogP contribution is 2.48. The molecule has 0 radical (unpaired) electrons. The van der Waals surface area contributed by atoms with Crippen LogP contribution < -0.4 is 15.6 Å². The molecule has 1 aromatic carbocycles. The first kappa shape index (κ1) is 20.5. The number of amides is 2. The van der Waals surface area contributed by atoms with Gasteiger partial charge >= 0.3 is 5.97 Å². The fourth-order valence-electron chi connectivity index (χ4n) is 3.85. The number of allylic oxidation sites excluding steroid dienone is 2. The molecule has 5 atom stereocenters. The van der Waals surface area contributed by atoms with E-state index in [4.69, 9.17) is 27.9 Å². The number of ether oxygens (including phenoxy) is 1. The van der Waals surface area contributed by atoms with Gasteiger partial charge < -0.3 is 9.84 Å². The molecule has 9 heteroatoms. The van der Waals surface area contributed by atoms with Gasteiger partial charge in [-0.05, 0) is 36.8 Å². The molecule has 2 aliphatic rings. The van der Waals surface area contributed by atoms with Crippen molar-refractivity contribution in [2.75, 3.05) is 0 Å². The van der Waals surface area contributed by atoms with Crippen molar-refractivity contribution in [3.8, 4) is 5.75 Å². The average Bonchev–Trinajstić information content (AvgIpc) is 3.27. The van der Waals surface area contributed by atoms with Crippen molar-refractivity contribution in [3.05, 3.63) is 40.4 Å². The number of halogens is 2. The second-order valence-electron chi connectivity index (χ2n) is 6.91. The molecule has 28 heavy (non-hydrogen) atoms. The molecule has 7 nitrogen and oxygen atoms in total. The van der Waals surface area contributed by atoms with Crippen molar-refractivity contribution in [3.63, 3.8) is 0 Å². The predicted octanol–water partition coefficient (Wildman–Crippen LogP) is 2.82. The Hall–Kier alpha value is -2.25. The van der Waals surface area contributed by atoms with E-state index in [2.05, 4.69) is 10.9 Å². The number of carboxylic acids is 1. The number of carbonyl (C=O) groups excluding carboxylic acids is 2. The molecule has 1 fully saturated rings. The molecule has 2 bridgehead atoms. The number of carboxylic acid groups (broad SMARTS) is 1. The number of carbonyl (C=O) groups is 3. The quantitative estimate of drug-likeness (QED) is 0.479. The molecule has 0 spiro atoms. The van der Waals surface area contributed by atoms with Crippen LogP contribution in [0.4, 0.5) is 0 Å². The Morgan fingerprint density at radius 3 is 2.50 bits per heavy atom. The van der Waals surface area contributed by atoms with E-state index in [1.54, 1.807) is 19.1 Å². The van der Waals surface area contributed by atoms with Crippen LogP contribution in [-0.4, -0.2) is 29.0 Å². The van der Waals surface area contributed by atoms with E-state index in [1.807, 2.05) is 12.2 Å². The van der Waals surface area contributed by atoms with Crippen LogP contribution in [0.3, 0.4) is 0 Å². The van der Waals surface area contributed by atoms with Gasteiger partial charge in [0.2, 0.25) is 5.91 Å². The highest BCUT2D eigenvalue weighted by atomic mass is 35.5. The maximum atomic E-state index is 12.5. The molecule has 0 saturated heterocycles.